The third kappa shape index (κ3) is 6.60. The van der Waals surface area contributed by atoms with Crippen molar-refractivity contribution in [1.29, 1.82) is 0 Å². The van der Waals surface area contributed by atoms with Gasteiger partial charge in [-0.3, -0.25) is 9.69 Å². The molecule has 4 rings (SSSR count). The minimum Gasteiger partial charge on any atom is -0.465 e. The summed E-state index contributed by atoms with van der Waals surface area (Å²) in [6.45, 7) is 5.72. The molecule has 4 aromatic rings. The number of rotatable bonds is 7. The molecule has 0 atom stereocenters. The highest BCUT2D eigenvalue weighted by Crippen LogP contribution is 2.22. The lowest BCUT2D eigenvalue weighted by atomic mass is 10.1. The molecule has 2 heterocycles. The zero-order valence-electron chi connectivity index (χ0n) is 22.0. The van der Waals surface area contributed by atoms with Gasteiger partial charge >= 0.3 is 6.09 Å². The quantitative estimate of drug-likeness (QED) is 0.300. The molecule has 2 aromatic heterocycles. The summed E-state index contributed by atoms with van der Waals surface area (Å²) in [4.78, 5) is 34.0. The maximum absolute atomic E-state index is 13.7. The molecule has 0 radical (unpaired) electrons. The zero-order valence-corrected chi connectivity index (χ0v) is 22.0. The van der Waals surface area contributed by atoms with Gasteiger partial charge in [-0.15, -0.1) is 0 Å². The largest absolute Gasteiger partial charge is 0.465 e. The van der Waals surface area contributed by atoms with E-state index < -0.39 is 34.6 Å². The maximum Gasteiger partial charge on any atom is 0.408 e. The van der Waals surface area contributed by atoms with E-state index >= 15 is 0 Å². The average Bonchev–Trinajstić information content (AvgIpc) is 2.90. The molecule has 8 nitrogen and oxygen atoms in total. The minimum atomic E-state index is -1.58. The highest BCUT2D eigenvalue weighted by atomic mass is 19.2. The van der Waals surface area contributed by atoms with Crippen molar-refractivity contribution in [3.05, 3.63) is 106 Å². The minimum absolute atomic E-state index is 0.00415. The first kappa shape index (κ1) is 28.2. The number of aromatic nitrogens is 4. The summed E-state index contributed by atoms with van der Waals surface area (Å²) < 4.78 is 41.9. The second kappa shape index (κ2) is 11.5. The summed E-state index contributed by atoms with van der Waals surface area (Å²) in [5.74, 6) is -3.84. The predicted molar refractivity (Wildman–Crippen MR) is 144 cm³/mol. The van der Waals surface area contributed by atoms with Gasteiger partial charge in [0.25, 0.3) is 5.56 Å². The first-order valence-electron chi connectivity index (χ1n) is 12.2. The van der Waals surface area contributed by atoms with Crippen molar-refractivity contribution in [3.8, 4) is 22.6 Å². The van der Waals surface area contributed by atoms with Crippen molar-refractivity contribution in [2.24, 2.45) is 0 Å². The van der Waals surface area contributed by atoms with Gasteiger partial charge in [-0.25, -0.2) is 32.6 Å². The third-order valence-electron chi connectivity index (χ3n) is 5.97. The van der Waals surface area contributed by atoms with E-state index in [1.165, 1.54) is 17.0 Å². The molecule has 1 N–H and O–H groups in total. The van der Waals surface area contributed by atoms with Crippen LogP contribution in [0.4, 0.5) is 18.0 Å². The molecule has 0 bridgehead atoms. The van der Waals surface area contributed by atoms with E-state index in [-0.39, 0.29) is 24.3 Å². The second-order valence-corrected chi connectivity index (χ2v) is 9.98. The molecule has 11 heteroatoms. The Kier molecular flexibility index (Phi) is 8.13. The number of carboxylic acid groups (broad SMARTS) is 1. The van der Waals surface area contributed by atoms with Crippen molar-refractivity contribution < 1.29 is 23.1 Å². The summed E-state index contributed by atoms with van der Waals surface area (Å²) in [6, 6.07) is 11.3. The van der Waals surface area contributed by atoms with E-state index in [4.69, 9.17) is 0 Å². The number of carbonyl (C=O) groups is 1. The first-order valence-corrected chi connectivity index (χ1v) is 12.2. The van der Waals surface area contributed by atoms with Crippen LogP contribution in [0.15, 0.2) is 71.8 Å². The molecule has 0 unspecified atom stereocenters. The van der Waals surface area contributed by atoms with Crippen LogP contribution in [0.3, 0.4) is 0 Å². The monoisotopic (exact) mass is 549 g/mol. The molecule has 0 fully saturated rings. The molecule has 0 spiro atoms. The van der Waals surface area contributed by atoms with Gasteiger partial charge in [0.2, 0.25) is 0 Å². The van der Waals surface area contributed by atoms with Gasteiger partial charge in [-0.2, -0.15) is 5.10 Å². The van der Waals surface area contributed by atoms with Crippen LogP contribution in [0.5, 0.6) is 0 Å². The Hall–Kier alpha value is -4.80. The van der Waals surface area contributed by atoms with Crippen molar-refractivity contribution in [2.75, 3.05) is 6.54 Å². The molecule has 1 amide bonds. The van der Waals surface area contributed by atoms with Crippen LogP contribution in [0.2, 0.25) is 0 Å². The van der Waals surface area contributed by atoms with Crippen LogP contribution < -0.4 is 5.56 Å². The smallest absolute Gasteiger partial charge is 0.408 e. The van der Waals surface area contributed by atoms with Crippen LogP contribution in [-0.4, -0.2) is 47.9 Å². The number of hydrogen-bond donors (Lipinski definition) is 1. The predicted octanol–water partition coefficient (Wildman–Crippen LogP) is 5.62. The number of benzene rings is 2. The molecule has 2 aromatic carbocycles. The highest BCUT2D eigenvalue weighted by Gasteiger charge is 2.24. The summed E-state index contributed by atoms with van der Waals surface area (Å²) in [5.41, 5.74) is 1.21. The zero-order chi connectivity index (χ0) is 29.0. The van der Waals surface area contributed by atoms with E-state index in [1.54, 1.807) is 48.8 Å². The summed E-state index contributed by atoms with van der Waals surface area (Å²) in [5, 5.41) is 13.6. The number of amides is 1. The molecule has 0 aliphatic heterocycles. The first-order chi connectivity index (χ1) is 18.9. The van der Waals surface area contributed by atoms with Crippen molar-refractivity contribution in [2.45, 2.75) is 32.9 Å². The summed E-state index contributed by atoms with van der Waals surface area (Å²) in [7, 11) is 0. The van der Waals surface area contributed by atoms with Crippen LogP contribution in [0.1, 0.15) is 31.9 Å². The fraction of sp³-hybridized carbons (Fsp3) is 0.207. The Morgan fingerprint density at radius 2 is 1.68 bits per heavy atom. The summed E-state index contributed by atoms with van der Waals surface area (Å²) >= 11 is 0. The third-order valence-corrected chi connectivity index (χ3v) is 5.97. The molecule has 0 saturated heterocycles. The Morgan fingerprint density at radius 3 is 2.30 bits per heavy atom. The lowest BCUT2D eigenvalue weighted by Crippen LogP contribution is -2.44. The topological polar surface area (TPSA) is 101 Å². The van der Waals surface area contributed by atoms with E-state index in [9.17, 15) is 27.9 Å². The maximum atomic E-state index is 13.7. The van der Waals surface area contributed by atoms with Crippen LogP contribution in [-0.2, 0) is 6.54 Å². The number of hydrogen-bond acceptors (Lipinski definition) is 5. The molecular formula is C29H26F3N5O3. The SMILES string of the molecule is CC(C)(C)N(CC=Cc1cnc(-c2cccc(Cn3nc(-c4cc(F)c(F)c(F)c4)ccc3=O)c2)nc1)C(=O)O. The molecule has 40 heavy (non-hydrogen) atoms. The van der Waals surface area contributed by atoms with Gasteiger partial charge in [0, 0.05) is 47.2 Å². The number of halogens is 3. The van der Waals surface area contributed by atoms with Crippen molar-refractivity contribution >= 4 is 12.2 Å². The Bertz CT molecular complexity index is 1610. The molecule has 0 saturated carbocycles. The van der Waals surface area contributed by atoms with Crippen molar-refractivity contribution in [3.63, 3.8) is 0 Å². The van der Waals surface area contributed by atoms with E-state index in [0.29, 0.717) is 22.5 Å². The van der Waals surface area contributed by atoms with E-state index in [2.05, 4.69) is 15.1 Å². The lowest BCUT2D eigenvalue weighted by molar-refractivity contribution is 0.108. The highest BCUT2D eigenvalue weighted by molar-refractivity contribution is 5.66. The Labute approximate surface area is 228 Å². The number of nitrogens with zero attached hydrogens (tertiary/aromatic N) is 5. The van der Waals surface area contributed by atoms with E-state index in [1.807, 2.05) is 20.8 Å². The van der Waals surface area contributed by atoms with Gasteiger partial charge in [-0.1, -0.05) is 30.4 Å². The summed E-state index contributed by atoms with van der Waals surface area (Å²) in [6.07, 6.45) is 5.69. The fourth-order valence-electron chi connectivity index (χ4n) is 3.91. The van der Waals surface area contributed by atoms with Gasteiger partial charge in [0.1, 0.15) is 0 Å². The van der Waals surface area contributed by atoms with Gasteiger partial charge < -0.3 is 5.11 Å². The Balaban J connectivity index is 1.51. The molecule has 0 aliphatic carbocycles. The molecular weight excluding hydrogens is 523 g/mol. The van der Waals surface area contributed by atoms with Gasteiger partial charge in [-0.05, 0) is 50.6 Å². The van der Waals surface area contributed by atoms with Gasteiger partial charge in [0.05, 0.1) is 12.2 Å². The molecule has 206 valence electrons. The second-order valence-electron chi connectivity index (χ2n) is 9.98. The normalized spacial score (nSPS) is 11.7. The van der Waals surface area contributed by atoms with Gasteiger partial charge in [0.15, 0.2) is 23.3 Å². The fourth-order valence-corrected chi connectivity index (χ4v) is 3.91. The standard InChI is InChI=1S/C29H26F3N5O3/c1-29(2,3)36(28(39)40)11-5-7-19-15-33-27(34-16-19)20-8-4-6-18(12-20)17-37-25(38)10-9-24(35-37)21-13-22(30)26(32)23(31)14-21/h4-10,12-16H,11,17H2,1-3H3,(H,39,40). The van der Waals surface area contributed by atoms with E-state index in [0.717, 1.165) is 16.8 Å². The van der Waals surface area contributed by atoms with Crippen LogP contribution in [0, 0.1) is 17.5 Å². The van der Waals surface area contributed by atoms with Crippen LogP contribution in [0.25, 0.3) is 28.7 Å². The van der Waals surface area contributed by atoms with Crippen LogP contribution >= 0.6 is 0 Å². The van der Waals surface area contributed by atoms with Crippen molar-refractivity contribution in [1.82, 2.24) is 24.6 Å². The molecule has 0 aliphatic rings. The lowest BCUT2D eigenvalue weighted by Gasteiger charge is -2.32. The Morgan fingerprint density at radius 1 is 1.00 bits per heavy atom. The average molecular weight is 550 g/mol.